The summed E-state index contributed by atoms with van der Waals surface area (Å²) in [5, 5.41) is 20.3. The Morgan fingerprint density at radius 1 is 1.19 bits per heavy atom. The highest BCUT2D eigenvalue weighted by Crippen LogP contribution is 1.99. The number of hydrogen-bond donors (Lipinski definition) is 3. The number of nitrogens with zero attached hydrogens (tertiary/aromatic N) is 1. The number of unbranched alkanes of at least 4 members (excludes halogenated alkanes) is 3. The van der Waals surface area contributed by atoms with Gasteiger partial charge in [-0.1, -0.05) is 25.8 Å². The van der Waals surface area contributed by atoms with Crippen molar-refractivity contribution in [1.82, 2.24) is 10.2 Å². The predicted molar refractivity (Wildman–Crippen MR) is 82.1 cm³/mol. The number of carbonyl (C=O) groups is 2. The van der Waals surface area contributed by atoms with Gasteiger partial charge in [-0.05, 0) is 25.3 Å². The number of aliphatic hydroxyl groups excluding tert-OH is 1. The van der Waals surface area contributed by atoms with Gasteiger partial charge >= 0.3 is 5.97 Å². The van der Waals surface area contributed by atoms with Crippen LogP contribution < -0.4 is 5.32 Å². The number of nitrogens with one attached hydrogen (secondary N) is 1. The number of carbonyl (C=O) groups excluding carboxylic acids is 1. The normalized spacial score (nSPS) is 11.2. The van der Waals surface area contributed by atoms with Crippen molar-refractivity contribution in [2.45, 2.75) is 39.0 Å². The molecule has 21 heavy (non-hydrogen) atoms. The van der Waals surface area contributed by atoms with Crippen LogP contribution in [-0.4, -0.2) is 59.8 Å². The number of rotatable bonds is 13. The lowest BCUT2D eigenvalue weighted by Gasteiger charge is -2.19. The van der Waals surface area contributed by atoms with Crippen LogP contribution in [0, 0.1) is 0 Å². The smallest absolute Gasteiger partial charge is 0.317 e. The standard InChI is InChI=1S/C15H28N2O4/c1-2-3-4-5-6-8-14(19)16-9-11-17(10-7-12-18)13-15(20)21/h6,8,18H,2-5,7,9-13H2,1H3,(H,16,19)(H,20,21)/b8-6+. The van der Waals surface area contributed by atoms with Gasteiger partial charge in [-0.2, -0.15) is 0 Å². The van der Waals surface area contributed by atoms with Crippen molar-refractivity contribution in [3.8, 4) is 0 Å². The van der Waals surface area contributed by atoms with E-state index in [1.807, 2.05) is 6.08 Å². The third kappa shape index (κ3) is 13.3. The molecule has 0 heterocycles. The predicted octanol–water partition coefficient (Wildman–Crippen LogP) is 1.01. The number of aliphatic hydroxyl groups is 1. The molecule has 0 radical (unpaired) electrons. The van der Waals surface area contributed by atoms with Gasteiger partial charge in [-0.25, -0.2) is 0 Å². The Bertz CT molecular complexity index is 319. The Kier molecular flexibility index (Phi) is 12.7. The molecule has 0 aliphatic carbocycles. The van der Waals surface area contributed by atoms with E-state index in [9.17, 15) is 9.59 Å². The van der Waals surface area contributed by atoms with E-state index < -0.39 is 5.97 Å². The largest absolute Gasteiger partial charge is 0.480 e. The molecule has 0 fully saturated rings. The average Bonchev–Trinajstić information content (AvgIpc) is 2.43. The van der Waals surface area contributed by atoms with E-state index in [1.165, 1.54) is 12.5 Å². The Labute approximate surface area is 126 Å². The molecular weight excluding hydrogens is 272 g/mol. The minimum absolute atomic E-state index is 0.0307. The number of carboxylic acids is 1. The van der Waals surface area contributed by atoms with Crippen LogP contribution in [0.3, 0.4) is 0 Å². The summed E-state index contributed by atoms with van der Waals surface area (Å²) in [7, 11) is 0. The monoisotopic (exact) mass is 300 g/mol. The van der Waals surface area contributed by atoms with E-state index in [-0.39, 0.29) is 19.1 Å². The van der Waals surface area contributed by atoms with E-state index in [1.54, 1.807) is 4.90 Å². The fourth-order valence-electron chi connectivity index (χ4n) is 1.85. The van der Waals surface area contributed by atoms with Crippen molar-refractivity contribution in [3.05, 3.63) is 12.2 Å². The lowest BCUT2D eigenvalue weighted by atomic mass is 10.2. The summed E-state index contributed by atoms with van der Waals surface area (Å²) in [5.41, 5.74) is 0. The quantitative estimate of drug-likeness (QED) is 0.349. The Morgan fingerprint density at radius 2 is 1.95 bits per heavy atom. The highest BCUT2D eigenvalue weighted by molar-refractivity contribution is 5.87. The van der Waals surface area contributed by atoms with Crippen LogP contribution in [0.15, 0.2) is 12.2 Å². The van der Waals surface area contributed by atoms with Gasteiger partial charge in [0.15, 0.2) is 0 Å². The summed E-state index contributed by atoms with van der Waals surface area (Å²) in [6.45, 7) is 3.45. The highest BCUT2D eigenvalue weighted by Gasteiger charge is 2.09. The van der Waals surface area contributed by atoms with Crippen molar-refractivity contribution in [2.24, 2.45) is 0 Å². The van der Waals surface area contributed by atoms with E-state index >= 15 is 0 Å². The SMILES string of the molecule is CCCCC/C=C/C(=O)NCCN(CCCO)CC(=O)O. The van der Waals surface area contributed by atoms with Crippen LogP contribution in [0.5, 0.6) is 0 Å². The summed E-state index contributed by atoms with van der Waals surface area (Å²) in [4.78, 5) is 23.9. The molecule has 0 aromatic rings. The topological polar surface area (TPSA) is 89.9 Å². The molecule has 0 aromatic carbocycles. The molecule has 0 bridgehead atoms. The van der Waals surface area contributed by atoms with E-state index in [0.29, 0.717) is 26.1 Å². The molecule has 0 aromatic heterocycles. The fraction of sp³-hybridized carbons (Fsp3) is 0.733. The molecule has 0 spiro atoms. The molecular formula is C15H28N2O4. The summed E-state index contributed by atoms with van der Waals surface area (Å²) >= 11 is 0. The minimum atomic E-state index is -0.907. The lowest BCUT2D eigenvalue weighted by molar-refractivity contribution is -0.138. The average molecular weight is 300 g/mol. The first-order chi connectivity index (χ1) is 10.1. The highest BCUT2D eigenvalue weighted by atomic mass is 16.4. The molecule has 3 N–H and O–H groups in total. The van der Waals surface area contributed by atoms with Crippen LogP contribution in [0.1, 0.15) is 39.0 Å². The lowest BCUT2D eigenvalue weighted by Crippen LogP contribution is -2.38. The molecule has 0 aliphatic rings. The molecule has 0 saturated carbocycles. The molecule has 1 amide bonds. The van der Waals surface area contributed by atoms with Gasteiger partial charge in [0.1, 0.15) is 0 Å². The van der Waals surface area contributed by atoms with Crippen molar-refractivity contribution in [1.29, 1.82) is 0 Å². The van der Waals surface area contributed by atoms with Gasteiger partial charge in [0.05, 0.1) is 6.54 Å². The maximum absolute atomic E-state index is 11.5. The molecule has 0 unspecified atom stereocenters. The molecule has 6 nitrogen and oxygen atoms in total. The van der Waals surface area contributed by atoms with Gasteiger partial charge in [0, 0.05) is 26.2 Å². The second-order valence-electron chi connectivity index (χ2n) is 4.94. The van der Waals surface area contributed by atoms with Crippen molar-refractivity contribution < 1.29 is 19.8 Å². The van der Waals surface area contributed by atoms with Gasteiger partial charge < -0.3 is 15.5 Å². The van der Waals surface area contributed by atoms with E-state index in [0.717, 1.165) is 19.3 Å². The molecule has 0 rings (SSSR count). The molecule has 0 atom stereocenters. The zero-order chi connectivity index (χ0) is 15.9. The Hall–Kier alpha value is -1.40. The first-order valence-electron chi connectivity index (χ1n) is 7.59. The zero-order valence-corrected chi connectivity index (χ0v) is 12.9. The summed E-state index contributed by atoms with van der Waals surface area (Å²) in [5.74, 6) is -1.06. The van der Waals surface area contributed by atoms with Crippen molar-refractivity contribution >= 4 is 11.9 Å². The van der Waals surface area contributed by atoms with Gasteiger partial charge in [-0.15, -0.1) is 0 Å². The van der Waals surface area contributed by atoms with Crippen LogP contribution in [-0.2, 0) is 9.59 Å². The van der Waals surface area contributed by atoms with Crippen LogP contribution in [0.2, 0.25) is 0 Å². The molecule has 0 saturated heterocycles. The van der Waals surface area contributed by atoms with Gasteiger partial charge in [-0.3, -0.25) is 14.5 Å². The molecule has 122 valence electrons. The first-order valence-corrected chi connectivity index (χ1v) is 7.59. The second kappa shape index (κ2) is 13.6. The molecule has 0 aliphatic heterocycles. The minimum Gasteiger partial charge on any atom is -0.480 e. The van der Waals surface area contributed by atoms with Gasteiger partial charge in [0.2, 0.25) is 5.91 Å². The zero-order valence-electron chi connectivity index (χ0n) is 12.9. The van der Waals surface area contributed by atoms with E-state index in [4.69, 9.17) is 10.2 Å². The van der Waals surface area contributed by atoms with E-state index in [2.05, 4.69) is 12.2 Å². The Balaban J connectivity index is 3.85. The van der Waals surface area contributed by atoms with Crippen molar-refractivity contribution in [3.63, 3.8) is 0 Å². The third-order valence-electron chi connectivity index (χ3n) is 2.96. The first kappa shape index (κ1) is 19.6. The summed E-state index contributed by atoms with van der Waals surface area (Å²) < 4.78 is 0. The number of hydrogen-bond acceptors (Lipinski definition) is 4. The molecule has 6 heteroatoms. The van der Waals surface area contributed by atoms with Crippen LogP contribution in [0.25, 0.3) is 0 Å². The number of carboxylic acid groups (broad SMARTS) is 1. The fourth-order valence-corrected chi connectivity index (χ4v) is 1.85. The summed E-state index contributed by atoms with van der Waals surface area (Å²) in [6.07, 6.45) is 8.25. The maximum atomic E-state index is 11.5. The van der Waals surface area contributed by atoms with Gasteiger partial charge in [0.25, 0.3) is 0 Å². The number of amides is 1. The van der Waals surface area contributed by atoms with Crippen LogP contribution in [0.4, 0.5) is 0 Å². The summed E-state index contributed by atoms with van der Waals surface area (Å²) in [6, 6.07) is 0. The number of allylic oxidation sites excluding steroid dienone is 1. The van der Waals surface area contributed by atoms with Crippen molar-refractivity contribution in [2.75, 3.05) is 32.8 Å². The Morgan fingerprint density at radius 3 is 2.57 bits per heavy atom. The number of aliphatic carboxylic acids is 1. The maximum Gasteiger partial charge on any atom is 0.317 e. The third-order valence-corrected chi connectivity index (χ3v) is 2.96. The van der Waals surface area contributed by atoms with Crippen LogP contribution >= 0.6 is 0 Å². The second-order valence-corrected chi connectivity index (χ2v) is 4.94.